The van der Waals surface area contributed by atoms with Gasteiger partial charge >= 0.3 is 5.97 Å². The molecule has 0 aliphatic heterocycles. The minimum absolute atomic E-state index is 0.595. The fraction of sp³-hybridized carbons (Fsp3) is 0. The molecule has 51 valence electrons. The van der Waals surface area contributed by atoms with E-state index in [2.05, 4.69) is 11.1 Å². The van der Waals surface area contributed by atoms with Crippen LogP contribution in [0, 0.1) is 11.9 Å². The molecule has 1 aromatic heterocycles. The Balaban J connectivity index is 3.15. The van der Waals surface area contributed by atoms with Crippen LogP contribution in [0.5, 0.6) is 0 Å². The molecule has 0 aliphatic rings. The summed E-state index contributed by atoms with van der Waals surface area (Å²) in [6.45, 7) is 0. The van der Waals surface area contributed by atoms with Crippen molar-refractivity contribution in [1.82, 2.24) is 4.98 Å². The molecule has 0 aromatic carbocycles. The molecule has 0 unspecified atom stereocenters. The van der Waals surface area contributed by atoms with E-state index in [9.17, 15) is 9.18 Å². The monoisotopic (exact) mass is 140 g/mol. The van der Waals surface area contributed by atoms with Crippen molar-refractivity contribution in [3.05, 3.63) is 29.8 Å². The highest BCUT2D eigenvalue weighted by Gasteiger charge is 2.09. The first-order valence-corrected chi connectivity index (χ1v) is 2.47. The van der Waals surface area contributed by atoms with E-state index < -0.39 is 17.5 Å². The van der Waals surface area contributed by atoms with Gasteiger partial charge in [0.15, 0.2) is 11.5 Å². The second kappa shape index (κ2) is 2.43. The quantitative estimate of drug-likeness (QED) is 0.625. The number of hydrogen-bond acceptors (Lipinski definition) is 2. The molecule has 1 rings (SSSR count). The molecule has 10 heavy (non-hydrogen) atoms. The SMILES string of the molecule is O=C(O)c1ncc[c]c1F. The summed E-state index contributed by atoms with van der Waals surface area (Å²) in [4.78, 5) is 13.4. The molecule has 1 heterocycles. The van der Waals surface area contributed by atoms with E-state index in [1.165, 1.54) is 12.3 Å². The second-order valence-electron chi connectivity index (χ2n) is 1.56. The smallest absolute Gasteiger partial charge is 0.357 e. The number of halogens is 1. The number of rotatable bonds is 1. The maximum Gasteiger partial charge on any atom is 0.357 e. The number of aromatic carboxylic acids is 1. The molecular weight excluding hydrogens is 137 g/mol. The lowest BCUT2D eigenvalue weighted by Gasteiger charge is -1.91. The van der Waals surface area contributed by atoms with E-state index in [0.29, 0.717) is 0 Å². The summed E-state index contributed by atoms with van der Waals surface area (Å²) in [5.41, 5.74) is -0.595. The molecule has 0 saturated heterocycles. The van der Waals surface area contributed by atoms with Gasteiger partial charge in [-0.2, -0.15) is 0 Å². The molecule has 1 aromatic rings. The van der Waals surface area contributed by atoms with Gasteiger partial charge in [-0.05, 0) is 6.07 Å². The number of carbonyl (C=O) groups is 1. The lowest BCUT2D eigenvalue weighted by molar-refractivity contribution is 0.0685. The van der Waals surface area contributed by atoms with Gasteiger partial charge in [0.05, 0.1) is 0 Å². The predicted octanol–water partition coefficient (Wildman–Crippen LogP) is 0.719. The third kappa shape index (κ3) is 1.10. The summed E-state index contributed by atoms with van der Waals surface area (Å²) in [6, 6.07) is 3.28. The molecule has 1 N–H and O–H groups in total. The van der Waals surface area contributed by atoms with Crippen LogP contribution in [0.3, 0.4) is 0 Å². The van der Waals surface area contributed by atoms with Gasteiger partial charge in [-0.15, -0.1) is 0 Å². The number of nitrogens with zero attached hydrogens (tertiary/aromatic N) is 1. The number of pyridine rings is 1. The number of carboxylic acid groups (broad SMARTS) is 1. The highest BCUT2D eigenvalue weighted by molar-refractivity contribution is 5.85. The highest BCUT2D eigenvalue weighted by atomic mass is 19.1. The summed E-state index contributed by atoms with van der Waals surface area (Å²) < 4.78 is 12.3. The standard InChI is InChI=1S/C6H3FNO2/c7-4-2-1-3-8-5(4)6(9)10/h1,3H,(H,9,10). The van der Waals surface area contributed by atoms with Gasteiger partial charge in [0.2, 0.25) is 0 Å². The Hall–Kier alpha value is -1.45. The normalized spacial score (nSPS) is 9.30. The Morgan fingerprint density at radius 1 is 1.80 bits per heavy atom. The molecule has 0 aliphatic carbocycles. The van der Waals surface area contributed by atoms with Crippen LogP contribution >= 0.6 is 0 Å². The molecule has 3 nitrogen and oxygen atoms in total. The molecule has 0 bridgehead atoms. The Morgan fingerprint density at radius 3 is 2.90 bits per heavy atom. The minimum atomic E-state index is -1.38. The zero-order chi connectivity index (χ0) is 7.56. The van der Waals surface area contributed by atoms with E-state index in [4.69, 9.17) is 5.11 Å². The molecule has 0 fully saturated rings. The van der Waals surface area contributed by atoms with E-state index >= 15 is 0 Å². The molecule has 1 radical (unpaired) electrons. The van der Waals surface area contributed by atoms with Gasteiger partial charge in [0, 0.05) is 12.3 Å². The minimum Gasteiger partial charge on any atom is -0.476 e. The fourth-order valence-corrected chi connectivity index (χ4v) is 0.496. The van der Waals surface area contributed by atoms with E-state index in [1.807, 2.05) is 0 Å². The van der Waals surface area contributed by atoms with E-state index in [1.54, 1.807) is 0 Å². The number of hydrogen-bond donors (Lipinski definition) is 1. The maximum atomic E-state index is 12.3. The zero-order valence-electron chi connectivity index (χ0n) is 4.84. The predicted molar refractivity (Wildman–Crippen MR) is 30.0 cm³/mol. The van der Waals surface area contributed by atoms with Crippen LogP contribution in [-0.2, 0) is 0 Å². The first kappa shape index (κ1) is 6.67. The Kier molecular flexibility index (Phi) is 1.62. The summed E-state index contributed by atoms with van der Waals surface area (Å²) in [5.74, 6) is -2.32. The van der Waals surface area contributed by atoms with Crippen molar-refractivity contribution in [3.8, 4) is 0 Å². The third-order valence-electron chi connectivity index (χ3n) is 0.899. The molecule has 0 saturated carbocycles. The van der Waals surface area contributed by atoms with Gasteiger partial charge in [0.25, 0.3) is 0 Å². The van der Waals surface area contributed by atoms with Crippen LogP contribution in [0.4, 0.5) is 4.39 Å². The molecule has 4 heteroatoms. The average Bonchev–Trinajstić information content (AvgIpc) is 1.88. The van der Waals surface area contributed by atoms with Crippen molar-refractivity contribution in [2.45, 2.75) is 0 Å². The lowest BCUT2D eigenvalue weighted by Crippen LogP contribution is -2.02. The number of aromatic nitrogens is 1. The van der Waals surface area contributed by atoms with Crippen LogP contribution in [-0.4, -0.2) is 16.1 Å². The summed E-state index contributed by atoms with van der Waals surface area (Å²) in [6.07, 6.45) is 1.17. The second-order valence-corrected chi connectivity index (χ2v) is 1.56. The van der Waals surface area contributed by atoms with Crippen molar-refractivity contribution >= 4 is 5.97 Å². The highest BCUT2D eigenvalue weighted by Crippen LogP contribution is 1.99. The average molecular weight is 140 g/mol. The van der Waals surface area contributed by atoms with Crippen LogP contribution in [0.2, 0.25) is 0 Å². The van der Waals surface area contributed by atoms with E-state index in [0.717, 1.165) is 0 Å². The molecule has 0 atom stereocenters. The summed E-state index contributed by atoms with van der Waals surface area (Å²) >= 11 is 0. The third-order valence-corrected chi connectivity index (χ3v) is 0.899. The van der Waals surface area contributed by atoms with Gasteiger partial charge in [-0.1, -0.05) is 0 Å². The molecule has 0 spiro atoms. The first-order chi connectivity index (χ1) is 4.72. The maximum absolute atomic E-state index is 12.3. The topological polar surface area (TPSA) is 50.2 Å². The number of carboxylic acids is 1. The lowest BCUT2D eigenvalue weighted by atomic mass is 10.3. The Morgan fingerprint density at radius 2 is 2.50 bits per heavy atom. The van der Waals surface area contributed by atoms with Gasteiger partial charge in [-0.25, -0.2) is 14.2 Å². The summed E-state index contributed by atoms with van der Waals surface area (Å²) in [5, 5.41) is 8.24. The summed E-state index contributed by atoms with van der Waals surface area (Å²) in [7, 11) is 0. The van der Waals surface area contributed by atoms with Crippen LogP contribution in [0.15, 0.2) is 12.3 Å². The van der Waals surface area contributed by atoms with Crippen LogP contribution in [0.25, 0.3) is 0 Å². The largest absolute Gasteiger partial charge is 0.476 e. The fourth-order valence-electron chi connectivity index (χ4n) is 0.496. The zero-order valence-corrected chi connectivity index (χ0v) is 4.84. The molecule has 0 amide bonds. The Labute approximate surface area is 56.1 Å². The van der Waals surface area contributed by atoms with Gasteiger partial charge in [-0.3, -0.25) is 0 Å². The van der Waals surface area contributed by atoms with Crippen molar-refractivity contribution in [2.75, 3.05) is 0 Å². The van der Waals surface area contributed by atoms with Gasteiger partial charge < -0.3 is 5.11 Å². The first-order valence-electron chi connectivity index (χ1n) is 2.47. The van der Waals surface area contributed by atoms with Gasteiger partial charge in [0.1, 0.15) is 0 Å². The van der Waals surface area contributed by atoms with Crippen molar-refractivity contribution < 1.29 is 14.3 Å². The molecular formula is C6H3FNO2. The van der Waals surface area contributed by atoms with E-state index in [-0.39, 0.29) is 0 Å². The van der Waals surface area contributed by atoms with Crippen molar-refractivity contribution in [2.24, 2.45) is 0 Å². The van der Waals surface area contributed by atoms with Crippen molar-refractivity contribution in [1.29, 1.82) is 0 Å². The van der Waals surface area contributed by atoms with Crippen LogP contribution in [0.1, 0.15) is 10.5 Å². The van der Waals surface area contributed by atoms with Crippen LogP contribution < -0.4 is 0 Å². The Bertz CT molecular complexity index is 262. The van der Waals surface area contributed by atoms with Crippen molar-refractivity contribution in [3.63, 3.8) is 0 Å².